The van der Waals surface area contributed by atoms with E-state index in [-0.39, 0.29) is 48.4 Å². The highest BCUT2D eigenvalue weighted by molar-refractivity contribution is 7.93. The molecule has 3 aromatic carbocycles. The molecule has 0 atom stereocenters. The zero-order chi connectivity index (χ0) is 27.5. The third-order valence-electron chi connectivity index (χ3n) is 5.54. The van der Waals surface area contributed by atoms with E-state index in [4.69, 9.17) is 32.7 Å². The van der Waals surface area contributed by atoms with Gasteiger partial charge in [0.2, 0.25) is 0 Å². The maximum Gasteiger partial charge on any atom is 0.261 e. The summed E-state index contributed by atoms with van der Waals surface area (Å²) in [4.78, 5) is 14.3. The fraction of sp³-hybridized carbons (Fsp3) is 0.208. The summed E-state index contributed by atoms with van der Waals surface area (Å²) in [6.45, 7) is 1.54. The van der Waals surface area contributed by atoms with Crippen LogP contribution in [0.4, 0.5) is 11.4 Å². The molecule has 3 aromatic rings. The van der Waals surface area contributed by atoms with Crippen LogP contribution < -0.4 is 14.2 Å². The largest absolute Gasteiger partial charge is 0.496 e. The van der Waals surface area contributed by atoms with Crippen molar-refractivity contribution in [2.45, 2.75) is 9.79 Å². The van der Waals surface area contributed by atoms with Gasteiger partial charge in [-0.3, -0.25) is 14.2 Å². The number of hydrogen-bond acceptors (Lipinski definition) is 7. The average Bonchev–Trinajstić information content (AvgIpc) is 2.87. The van der Waals surface area contributed by atoms with Crippen molar-refractivity contribution in [2.24, 2.45) is 0 Å². The molecule has 1 heterocycles. The van der Waals surface area contributed by atoms with E-state index in [9.17, 15) is 21.6 Å². The van der Waals surface area contributed by atoms with Gasteiger partial charge in [0.15, 0.2) is 0 Å². The van der Waals surface area contributed by atoms with Crippen molar-refractivity contribution < 1.29 is 31.1 Å². The van der Waals surface area contributed by atoms with Gasteiger partial charge in [-0.25, -0.2) is 16.8 Å². The maximum absolute atomic E-state index is 13.1. The van der Waals surface area contributed by atoms with Crippen molar-refractivity contribution >= 4 is 60.5 Å². The van der Waals surface area contributed by atoms with Crippen LogP contribution in [-0.4, -0.2) is 61.1 Å². The van der Waals surface area contributed by atoms with Crippen molar-refractivity contribution in [1.82, 2.24) is 4.90 Å². The van der Waals surface area contributed by atoms with E-state index in [0.717, 1.165) is 0 Å². The van der Waals surface area contributed by atoms with E-state index in [1.54, 1.807) is 4.90 Å². The van der Waals surface area contributed by atoms with E-state index in [0.29, 0.717) is 26.3 Å². The van der Waals surface area contributed by atoms with Crippen molar-refractivity contribution in [1.29, 1.82) is 0 Å². The standard InChI is InChI=1S/C24H23Cl2N3O7S2/c1-35-23-7-6-21(15-22(23)24(30)29-8-10-36-11-9-29)38(33,34)27-18-2-4-20(5-3-18)37(31,32)28-19-13-16(25)12-17(26)14-19/h2-7,12-15,27-28H,8-11H2,1H3. The summed E-state index contributed by atoms with van der Waals surface area (Å²) < 4.78 is 67.0. The van der Waals surface area contributed by atoms with E-state index in [1.165, 1.54) is 67.8 Å². The molecule has 1 amide bonds. The van der Waals surface area contributed by atoms with Crippen LogP contribution in [0, 0.1) is 0 Å². The Labute approximate surface area is 230 Å². The summed E-state index contributed by atoms with van der Waals surface area (Å²) in [5.41, 5.74) is 0.395. The molecule has 0 aliphatic carbocycles. The number of carbonyl (C=O) groups excluding carboxylic acids is 1. The molecule has 0 spiro atoms. The molecule has 0 saturated carbocycles. The Balaban J connectivity index is 1.53. The Morgan fingerprint density at radius 2 is 1.37 bits per heavy atom. The third-order valence-corrected chi connectivity index (χ3v) is 8.75. The topological polar surface area (TPSA) is 131 Å². The Morgan fingerprint density at radius 1 is 0.816 bits per heavy atom. The highest BCUT2D eigenvalue weighted by Crippen LogP contribution is 2.27. The molecule has 0 aromatic heterocycles. The number of halogens is 2. The van der Waals surface area contributed by atoms with Crippen LogP contribution in [0.25, 0.3) is 0 Å². The van der Waals surface area contributed by atoms with E-state index in [1.807, 2.05) is 0 Å². The molecular weight excluding hydrogens is 577 g/mol. The Morgan fingerprint density at radius 3 is 1.97 bits per heavy atom. The number of nitrogens with one attached hydrogen (secondary N) is 2. The number of carbonyl (C=O) groups is 1. The van der Waals surface area contributed by atoms with E-state index in [2.05, 4.69) is 9.44 Å². The van der Waals surface area contributed by atoms with Gasteiger partial charge in [-0.2, -0.15) is 0 Å². The first-order valence-electron chi connectivity index (χ1n) is 11.2. The zero-order valence-corrected chi connectivity index (χ0v) is 23.1. The summed E-state index contributed by atoms with van der Waals surface area (Å²) in [6.07, 6.45) is 0. The minimum atomic E-state index is -4.13. The number of rotatable bonds is 8. The number of benzene rings is 3. The number of ether oxygens (including phenoxy) is 2. The average molecular weight is 601 g/mol. The monoisotopic (exact) mass is 599 g/mol. The fourth-order valence-corrected chi connectivity index (χ4v) is 6.35. The SMILES string of the molecule is COc1ccc(S(=O)(=O)Nc2ccc(S(=O)(=O)Nc3cc(Cl)cc(Cl)c3)cc2)cc1C(=O)N1CCOCC1. The van der Waals surface area contributed by atoms with Gasteiger partial charge in [-0.1, -0.05) is 23.2 Å². The first-order chi connectivity index (χ1) is 18.0. The highest BCUT2D eigenvalue weighted by atomic mass is 35.5. The van der Waals surface area contributed by atoms with Gasteiger partial charge in [0, 0.05) is 28.8 Å². The number of hydrogen-bond donors (Lipinski definition) is 2. The molecular formula is C24H23Cl2N3O7S2. The number of anilines is 2. The van der Waals surface area contributed by atoms with Crippen molar-refractivity contribution in [3.63, 3.8) is 0 Å². The minimum absolute atomic E-state index is 0.103. The smallest absolute Gasteiger partial charge is 0.261 e. The summed E-state index contributed by atoms with van der Waals surface area (Å²) in [5, 5.41) is 0.515. The molecule has 1 saturated heterocycles. The summed E-state index contributed by atoms with van der Waals surface area (Å²) in [7, 11) is -6.74. The quantitative estimate of drug-likeness (QED) is 0.399. The van der Waals surface area contributed by atoms with Gasteiger partial charge < -0.3 is 14.4 Å². The number of sulfonamides is 2. The molecule has 4 rings (SSSR count). The molecule has 202 valence electrons. The van der Waals surface area contributed by atoms with Crippen LogP contribution in [0.1, 0.15) is 10.4 Å². The summed E-state index contributed by atoms with van der Waals surface area (Å²) >= 11 is 11.8. The Hall–Kier alpha value is -3.03. The van der Waals surface area contributed by atoms with E-state index >= 15 is 0 Å². The predicted molar refractivity (Wildman–Crippen MR) is 144 cm³/mol. The maximum atomic E-state index is 13.1. The van der Waals surface area contributed by atoms with Crippen LogP contribution in [-0.2, 0) is 24.8 Å². The molecule has 10 nitrogen and oxygen atoms in total. The lowest BCUT2D eigenvalue weighted by molar-refractivity contribution is 0.0300. The number of methoxy groups -OCH3 is 1. The number of morpholine rings is 1. The van der Waals surface area contributed by atoms with Crippen LogP contribution in [0.15, 0.2) is 70.5 Å². The molecule has 0 unspecified atom stereocenters. The lowest BCUT2D eigenvalue weighted by Gasteiger charge is -2.27. The Bertz CT molecular complexity index is 1540. The first-order valence-corrected chi connectivity index (χ1v) is 14.9. The predicted octanol–water partition coefficient (Wildman–Crippen LogP) is 4.08. The normalized spacial score (nSPS) is 14.1. The second-order valence-electron chi connectivity index (χ2n) is 8.16. The lowest BCUT2D eigenvalue weighted by atomic mass is 10.1. The van der Waals surface area contributed by atoms with Gasteiger partial charge in [-0.05, 0) is 60.7 Å². The molecule has 14 heteroatoms. The van der Waals surface area contributed by atoms with Crippen LogP contribution in [0.3, 0.4) is 0 Å². The molecule has 0 radical (unpaired) electrons. The van der Waals surface area contributed by atoms with Gasteiger partial charge in [0.25, 0.3) is 26.0 Å². The lowest BCUT2D eigenvalue weighted by Crippen LogP contribution is -2.40. The summed E-state index contributed by atoms with van der Waals surface area (Å²) in [6, 6.07) is 13.3. The zero-order valence-electron chi connectivity index (χ0n) is 20.0. The third kappa shape index (κ3) is 6.51. The highest BCUT2D eigenvalue weighted by Gasteiger charge is 2.25. The molecule has 38 heavy (non-hydrogen) atoms. The molecule has 1 fully saturated rings. The molecule has 0 bridgehead atoms. The first kappa shape index (κ1) is 28.0. The Kier molecular flexibility index (Phi) is 8.38. The summed E-state index contributed by atoms with van der Waals surface area (Å²) in [5.74, 6) is -0.131. The van der Waals surface area contributed by atoms with Crippen molar-refractivity contribution in [2.75, 3.05) is 42.9 Å². The van der Waals surface area contributed by atoms with Gasteiger partial charge >= 0.3 is 0 Å². The van der Waals surface area contributed by atoms with Crippen molar-refractivity contribution in [3.05, 3.63) is 76.3 Å². The second-order valence-corrected chi connectivity index (χ2v) is 12.4. The molecule has 1 aliphatic rings. The van der Waals surface area contributed by atoms with Crippen molar-refractivity contribution in [3.8, 4) is 5.75 Å². The number of nitrogens with zero attached hydrogens (tertiary/aromatic N) is 1. The molecule has 2 N–H and O–H groups in total. The van der Waals surface area contributed by atoms with E-state index < -0.39 is 20.0 Å². The van der Waals surface area contributed by atoms with Gasteiger partial charge in [-0.15, -0.1) is 0 Å². The van der Waals surface area contributed by atoms with Crippen LogP contribution in [0.5, 0.6) is 5.75 Å². The fourth-order valence-electron chi connectivity index (χ4n) is 3.70. The van der Waals surface area contributed by atoms with Crippen LogP contribution >= 0.6 is 23.2 Å². The number of amides is 1. The van der Waals surface area contributed by atoms with Crippen LogP contribution in [0.2, 0.25) is 10.0 Å². The van der Waals surface area contributed by atoms with Gasteiger partial charge in [0.05, 0.1) is 41.4 Å². The van der Waals surface area contributed by atoms with Gasteiger partial charge in [0.1, 0.15) is 5.75 Å². The molecule has 1 aliphatic heterocycles. The second kappa shape index (κ2) is 11.4. The minimum Gasteiger partial charge on any atom is -0.496 e.